The van der Waals surface area contributed by atoms with Crippen LogP contribution in [0.4, 0.5) is 0 Å². The molecule has 2 heterocycles. The van der Waals surface area contributed by atoms with Crippen LogP contribution in [0.5, 0.6) is 0 Å². The van der Waals surface area contributed by atoms with Crippen molar-refractivity contribution in [3.8, 4) is 0 Å². The first-order valence-electron chi connectivity index (χ1n) is 16.2. The SMILES string of the molecule is C=C(OC(=O)/C=C(\C)C[C@@H]1OC[C@H](C[C@@H]2O[C@H]2[C@@H](C)[C@H](C)O[Si](C)(C)C)[C@@H](O[Si](C)(C)C)[C@H]1O[Si](C)(C)C)c1ccccc1. The standard InChI is InChI=1S/C34H58O7Si3/c1-23(20-31(35)37-26(4)27-17-15-14-16-18-27)19-29-34(41-44(11,12)13)33(40-43(8,9)10)28(22-36-29)21-30-32(38-30)24(2)25(3)39-42(5,6)7/h14-18,20,24-25,28-30,32-34H,4,19,21-22H2,1-3,5-13H3/b23-20+/t24-,25-,28-,29-,30-,32-,33+,34-/m0/s1. The van der Waals surface area contributed by atoms with Crippen LogP contribution in [0.25, 0.3) is 5.76 Å². The van der Waals surface area contributed by atoms with Crippen molar-refractivity contribution in [2.24, 2.45) is 11.8 Å². The first-order chi connectivity index (χ1) is 20.2. The molecule has 2 aliphatic heterocycles. The van der Waals surface area contributed by atoms with E-state index in [1.807, 2.05) is 37.3 Å². The van der Waals surface area contributed by atoms with E-state index in [4.69, 9.17) is 27.5 Å². The fourth-order valence-electron chi connectivity index (χ4n) is 5.87. The number of epoxide rings is 1. The van der Waals surface area contributed by atoms with Gasteiger partial charge in [-0.15, -0.1) is 0 Å². The molecule has 3 rings (SSSR count). The van der Waals surface area contributed by atoms with E-state index in [9.17, 15) is 4.79 Å². The summed E-state index contributed by atoms with van der Waals surface area (Å²) < 4.78 is 38.6. The van der Waals surface area contributed by atoms with Gasteiger partial charge in [-0.1, -0.05) is 49.4 Å². The Hall–Kier alpha value is -1.38. The van der Waals surface area contributed by atoms with Crippen LogP contribution in [0, 0.1) is 11.8 Å². The number of carbonyl (C=O) groups excluding carboxylic acids is 1. The molecule has 2 fully saturated rings. The van der Waals surface area contributed by atoms with E-state index in [1.165, 1.54) is 6.08 Å². The Labute approximate surface area is 270 Å². The first kappa shape index (κ1) is 37.1. The van der Waals surface area contributed by atoms with Crippen molar-refractivity contribution in [3.05, 3.63) is 54.1 Å². The van der Waals surface area contributed by atoms with Crippen molar-refractivity contribution in [2.75, 3.05) is 6.61 Å². The van der Waals surface area contributed by atoms with Gasteiger partial charge in [0.2, 0.25) is 0 Å². The largest absolute Gasteiger partial charge is 0.423 e. The minimum absolute atomic E-state index is 0.111. The second-order valence-electron chi connectivity index (χ2n) is 15.6. The Morgan fingerprint density at radius 2 is 1.52 bits per heavy atom. The molecular formula is C34H58O7Si3. The van der Waals surface area contributed by atoms with Crippen LogP contribution < -0.4 is 0 Å². The fourth-order valence-corrected chi connectivity index (χ4v) is 9.44. The van der Waals surface area contributed by atoms with Crippen molar-refractivity contribution in [1.82, 2.24) is 0 Å². The van der Waals surface area contributed by atoms with Crippen LogP contribution in [0.2, 0.25) is 58.9 Å². The summed E-state index contributed by atoms with van der Waals surface area (Å²) in [5.41, 5.74) is 1.64. The quantitative estimate of drug-likeness (QED) is 0.0619. The zero-order chi connectivity index (χ0) is 33.0. The highest BCUT2D eigenvalue weighted by Crippen LogP contribution is 2.41. The second-order valence-corrected chi connectivity index (χ2v) is 29.0. The third-order valence-corrected chi connectivity index (χ3v) is 10.9. The Bertz CT molecular complexity index is 1140. The summed E-state index contributed by atoms with van der Waals surface area (Å²) in [6, 6.07) is 9.43. The number of carbonyl (C=O) groups is 1. The van der Waals surface area contributed by atoms with Crippen molar-refractivity contribution >= 4 is 36.7 Å². The lowest BCUT2D eigenvalue weighted by atomic mass is 9.85. The molecule has 0 saturated carbocycles. The van der Waals surface area contributed by atoms with Crippen molar-refractivity contribution in [1.29, 1.82) is 0 Å². The topological polar surface area (TPSA) is 75.8 Å². The van der Waals surface area contributed by atoms with Crippen molar-refractivity contribution < 1.29 is 32.3 Å². The molecule has 0 bridgehead atoms. The molecule has 7 nitrogen and oxygen atoms in total. The Balaban J connectivity index is 1.74. The van der Waals surface area contributed by atoms with E-state index >= 15 is 0 Å². The lowest BCUT2D eigenvalue weighted by molar-refractivity contribution is -0.152. The summed E-state index contributed by atoms with van der Waals surface area (Å²) in [5, 5.41) is 0. The second kappa shape index (κ2) is 15.0. The van der Waals surface area contributed by atoms with Crippen LogP contribution in [-0.2, 0) is 32.3 Å². The molecule has 0 amide bonds. The van der Waals surface area contributed by atoms with Gasteiger partial charge in [-0.3, -0.25) is 0 Å². The van der Waals surface area contributed by atoms with E-state index in [-0.39, 0.29) is 42.5 Å². The highest BCUT2D eigenvalue weighted by molar-refractivity contribution is 6.70. The van der Waals surface area contributed by atoms with Crippen molar-refractivity contribution in [3.63, 3.8) is 0 Å². The molecule has 0 N–H and O–H groups in total. The smallest absolute Gasteiger partial charge is 0.336 e. The number of hydrogen-bond donors (Lipinski definition) is 0. The molecule has 10 heteroatoms. The van der Waals surface area contributed by atoms with Gasteiger partial charge in [-0.2, -0.15) is 0 Å². The number of ether oxygens (including phenoxy) is 3. The molecule has 0 unspecified atom stereocenters. The molecule has 0 radical (unpaired) electrons. The van der Waals surface area contributed by atoms with Crippen LogP contribution in [0.1, 0.15) is 39.2 Å². The lowest BCUT2D eigenvalue weighted by Crippen LogP contribution is -2.58. The molecule has 248 valence electrons. The van der Waals surface area contributed by atoms with Gasteiger partial charge < -0.3 is 27.5 Å². The molecule has 1 aromatic rings. The van der Waals surface area contributed by atoms with Crippen molar-refractivity contribution in [2.45, 2.75) is 129 Å². The Morgan fingerprint density at radius 3 is 2.09 bits per heavy atom. The lowest BCUT2D eigenvalue weighted by Gasteiger charge is -2.47. The third-order valence-electron chi connectivity index (χ3n) is 7.82. The van der Waals surface area contributed by atoms with E-state index in [0.29, 0.717) is 24.7 Å². The first-order valence-corrected chi connectivity index (χ1v) is 26.4. The summed E-state index contributed by atoms with van der Waals surface area (Å²) in [7, 11) is -5.55. The summed E-state index contributed by atoms with van der Waals surface area (Å²) in [4.78, 5) is 12.8. The van der Waals surface area contributed by atoms with Gasteiger partial charge in [-0.05, 0) is 85.6 Å². The maximum atomic E-state index is 12.8. The number of esters is 1. The zero-order valence-corrected chi connectivity index (χ0v) is 32.3. The predicted molar refractivity (Wildman–Crippen MR) is 186 cm³/mol. The molecule has 44 heavy (non-hydrogen) atoms. The Kier molecular flexibility index (Phi) is 12.7. The minimum atomic E-state index is -1.98. The minimum Gasteiger partial charge on any atom is -0.423 e. The molecule has 2 aliphatic rings. The van der Waals surface area contributed by atoms with E-state index < -0.39 is 30.9 Å². The van der Waals surface area contributed by atoms with E-state index in [0.717, 1.165) is 17.6 Å². The van der Waals surface area contributed by atoms with Gasteiger partial charge in [0, 0.05) is 29.6 Å². The zero-order valence-electron chi connectivity index (χ0n) is 29.3. The number of rotatable bonds is 15. The average Bonchev–Trinajstić information content (AvgIpc) is 3.63. The fraction of sp³-hybridized carbons (Fsp3) is 0.676. The summed E-state index contributed by atoms with van der Waals surface area (Å²) in [6.45, 7) is 30.8. The van der Waals surface area contributed by atoms with Crippen LogP contribution in [0.15, 0.2) is 48.6 Å². The normalized spacial score (nSPS) is 27.9. The molecule has 8 atom stereocenters. The third kappa shape index (κ3) is 12.1. The van der Waals surface area contributed by atoms with Gasteiger partial charge in [0.1, 0.15) is 5.76 Å². The van der Waals surface area contributed by atoms with Gasteiger partial charge in [0.15, 0.2) is 25.0 Å². The number of hydrogen-bond acceptors (Lipinski definition) is 7. The molecule has 0 aromatic heterocycles. The van der Waals surface area contributed by atoms with Gasteiger partial charge in [0.25, 0.3) is 0 Å². The molecule has 1 aromatic carbocycles. The number of benzene rings is 1. The summed E-state index contributed by atoms with van der Waals surface area (Å²) in [5.74, 6) is 0.357. The summed E-state index contributed by atoms with van der Waals surface area (Å²) in [6.07, 6.45) is 2.87. The van der Waals surface area contributed by atoms with Gasteiger partial charge >= 0.3 is 5.97 Å². The van der Waals surface area contributed by atoms with Crippen LogP contribution in [0.3, 0.4) is 0 Å². The molecule has 0 spiro atoms. The molecule has 0 aliphatic carbocycles. The highest BCUT2D eigenvalue weighted by Gasteiger charge is 2.51. The van der Waals surface area contributed by atoms with Gasteiger partial charge in [0.05, 0.1) is 37.1 Å². The predicted octanol–water partition coefficient (Wildman–Crippen LogP) is 8.03. The monoisotopic (exact) mass is 662 g/mol. The maximum absolute atomic E-state index is 12.8. The van der Waals surface area contributed by atoms with Crippen LogP contribution in [-0.4, -0.2) is 74.2 Å². The maximum Gasteiger partial charge on any atom is 0.336 e. The highest BCUT2D eigenvalue weighted by atomic mass is 28.4. The van der Waals surface area contributed by atoms with Gasteiger partial charge in [-0.25, -0.2) is 4.79 Å². The van der Waals surface area contributed by atoms with E-state index in [2.05, 4.69) is 79.3 Å². The van der Waals surface area contributed by atoms with Crippen LogP contribution >= 0.6 is 0 Å². The Morgan fingerprint density at radius 1 is 0.932 bits per heavy atom. The average molecular weight is 663 g/mol. The summed E-state index contributed by atoms with van der Waals surface area (Å²) >= 11 is 0. The molecular weight excluding hydrogens is 605 g/mol. The molecule has 2 saturated heterocycles. The van der Waals surface area contributed by atoms with E-state index in [1.54, 1.807) is 0 Å².